The van der Waals surface area contributed by atoms with Crippen molar-refractivity contribution in [2.24, 2.45) is 14.1 Å². The van der Waals surface area contributed by atoms with E-state index >= 15 is 0 Å². The highest BCUT2D eigenvalue weighted by atomic mass is 19.3. The molecule has 32 heavy (non-hydrogen) atoms. The minimum Gasteiger partial charge on any atom is -0.433 e. The Morgan fingerprint density at radius 2 is 2.00 bits per heavy atom. The Morgan fingerprint density at radius 3 is 2.75 bits per heavy atom. The van der Waals surface area contributed by atoms with Gasteiger partial charge in [0.05, 0.1) is 12.0 Å². The maximum Gasteiger partial charge on any atom is 0.387 e. The van der Waals surface area contributed by atoms with E-state index in [-0.39, 0.29) is 29.2 Å². The number of carbonyl (C=O) groups is 1. The van der Waals surface area contributed by atoms with Gasteiger partial charge in [-0.05, 0) is 30.9 Å². The summed E-state index contributed by atoms with van der Waals surface area (Å²) in [5.74, 6) is -0.212. The van der Waals surface area contributed by atoms with Crippen LogP contribution in [0.4, 0.5) is 14.5 Å². The highest BCUT2D eigenvalue weighted by Gasteiger charge is 2.27. The van der Waals surface area contributed by atoms with E-state index in [9.17, 15) is 23.2 Å². The smallest absolute Gasteiger partial charge is 0.387 e. The fourth-order valence-corrected chi connectivity index (χ4v) is 4.16. The van der Waals surface area contributed by atoms with Gasteiger partial charge in [0.25, 0.3) is 5.56 Å². The van der Waals surface area contributed by atoms with Crippen molar-refractivity contribution in [3.05, 3.63) is 50.9 Å². The van der Waals surface area contributed by atoms with E-state index in [1.165, 1.54) is 36.0 Å². The molecule has 3 aromatic rings. The lowest BCUT2D eigenvalue weighted by molar-refractivity contribution is -0.119. The van der Waals surface area contributed by atoms with Gasteiger partial charge in [0.2, 0.25) is 5.91 Å². The van der Waals surface area contributed by atoms with Crippen molar-refractivity contribution in [2.75, 3.05) is 11.4 Å². The van der Waals surface area contributed by atoms with Gasteiger partial charge in [0, 0.05) is 33.6 Å². The quantitative estimate of drug-likeness (QED) is 0.575. The summed E-state index contributed by atoms with van der Waals surface area (Å²) in [5.41, 5.74) is 0.856. The minimum atomic E-state index is -2.98. The number of ether oxygens (including phenoxy) is 1. The molecule has 1 aliphatic rings. The van der Waals surface area contributed by atoms with Crippen LogP contribution in [0.5, 0.6) is 5.75 Å². The summed E-state index contributed by atoms with van der Waals surface area (Å²) in [4.78, 5) is 43.2. The van der Waals surface area contributed by atoms with Gasteiger partial charge in [-0.1, -0.05) is 12.1 Å². The van der Waals surface area contributed by atoms with E-state index in [4.69, 9.17) is 0 Å². The minimum absolute atomic E-state index is 0.00410. The molecule has 11 heteroatoms. The Labute approximate surface area is 181 Å². The van der Waals surface area contributed by atoms with Crippen molar-refractivity contribution in [2.45, 2.75) is 38.8 Å². The molecule has 0 N–H and O–H groups in total. The molecular weight excluding hydrogens is 424 g/mol. The SMILES string of the molecule is Cn1c(=O)c2c(ncn2CCCC(=O)N2CCCc3cccc(OC(F)F)c32)n(C)c1=O. The largest absolute Gasteiger partial charge is 0.433 e. The fourth-order valence-electron chi connectivity index (χ4n) is 4.16. The highest BCUT2D eigenvalue weighted by Crippen LogP contribution is 2.37. The summed E-state index contributed by atoms with van der Waals surface area (Å²) in [5, 5.41) is 0. The van der Waals surface area contributed by atoms with Crippen molar-refractivity contribution in [3.8, 4) is 5.75 Å². The van der Waals surface area contributed by atoms with E-state index in [2.05, 4.69) is 9.72 Å². The number of aromatic nitrogens is 4. The predicted octanol–water partition coefficient (Wildman–Crippen LogP) is 1.79. The van der Waals surface area contributed by atoms with Crippen molar-refractivity contribution in [1.82, 2.24) is 18.7 Å². The maximum atomic E-state index is 13.0. The lowest BCUT2D eigenvalue weighted by atomic mass is 10.0. The summed E-state index contributed by atoms with van der Waals surface area (Å²) in [6.07, 6.45) is 3.44. The van der Waals surface area contributed by atoms with Gasteiger partial charge in [0.15, 0.2) is 11.2 Å². The van der Waals surface area contributed by atoms with E-state index < -0.39 is 17.9 Å². The van der Waals surface area contributed by atoms with Crippen molar-refractivity contribution < 1.29 is 18.3 Å². The zero-order chi connectivity index (χ0) is 23.0. The van der Waals surface area contributed by atoms with Crippen LogP contribution in [-0.4, -0.2) is 37.7 Å². The number of alkyl halides is 2. The molecule has 0 aliphatic carbocycles. The van der Waals surface area contributed by atoms with Gasteiger partial charge >= 0.3 is 12.3 Å². The topological polar surface area (TPSA) is 91.4 Å². The van der Waals surface area contributed by atoms with Gasteiger partial charge in [-0.2, -0.15) is 8.78 Å². The summed E-state index contributed by atoms with van der Waals surface area (Å²) in [6, 6.07) is 4.89. The number of benzene rings is 1. The number of halogens is 2. The fraction of sp³-hybridized carbons (Fsp3) is 0.429. The first kappa shape index (κ1) is 21.7. The molecule has 0 unspecified atom stereocenters. The van der Waals surface area contributed by atoms with Crippen LogP contribution in [-0.2, 0) is 31.9 Å². The zero-order valence-electron chi connectivity index (χ0n) is 17.8. The van der Waals surface area contributed by atoms with E-state index in [1.807, 2.05) is 6.07 Å². The molecule has 4 rings (SSSR count). The molecule has 1 amide bonds. The predicted molar refractivity (Wildman–Crippen MR) is 113 cm³/mol. The van der Waals surface area contributed by atoms with Crippen LogP contribution < -0.4 is 20.9 Å². The normalized spacial score (nSPS) is 13.6. The first-order chi connectivity index (χ1) is 15.3. The molecular formula is C21H23F2N5O4. The second-order valence-corrected chi connectivity index (χ2v) is 7.71. The van der Waals surface area contributed by atoms with Crippen molar-refractivity contribution in [1.29, 1.82) is 0 Å². The maximum absolute atomic E-state index is 13.0. The van der Waals surface area contributed by atoms with Gasteiger partial charge in [0.1, 0.15) is 5.75 Å². The summed E-state index contributed by atoms with van der Waals surface area (Å²) < 4.78 is 34.3. The van der Waals surface area contributed by atoms with Gasteiger partial charge < -0.3 is 14.2 Å². The number of fused-ring (bicyclic) bond motifs is 2. The average molecular weight is 447 g/mol. The zero-order valence-corrected chi connectivity index (χ0v) is 17.8. The van der Waals surface area contributed by atoms with Crippen LogP contribution in [0.2, 0.25) is 0 Å². The molecule has 3 heterocycles. The number of aryl methyl sites for hydroxylation is 3. The molecule has 0 saturated heterocycles. The number of hydrogen-bond acceptors (Lipinski definition) is 5. The molecule has 0 atom stereocenters. The summed E-state index contributed by atoms with van der Waals surface area (Å²) in [7, 11) is 2.94. The molecule has 170 valence electrons. The Bertz CT molecular complexity index is 1290. The van der Waals surface area contributed by atoms with E-state index in [1.54, 1.807) is 10.6 Å². The Balaban J connectivity index is 1.52. The number of carbonyl (C=O) groups excluding carboxylic acids is 1. The van der Waals surface area contributed by atoms with Crippen molar-refractivity contribution >= 4 is 22.8 Å². The first-order valence-corrected chi connectivity index (χ1v) is 10.3. The van der Waals surface area contributed by atoms with E-state index in [0.717, 1.165) is 16.6 Å². The van der Waals surface area contributed by atoms with E-state index in [0.29, 0.717) is 31.6 Å². The number of para-hydroxylation sites is 1. The lowest BCUT2D eigenvalue weighted by Crippen LogP contribution is -2.37. The molecule has 1 aromatic carbocycles. The molecule has 0 saturated carbocycles. The third-order valence-electron chi connectivity index (χ3n) is 5.70. The highest BCUT2D eigenvalue weighted by molar-refractivity contribution is 5.96. The number of anilines is 1. The van der Waals surface area contributed by atoms with Crippen LogP contribution in [0.25, 0.3) is 11.2 Å². The molecule has 0 bridgehead atoms. The van der Waals surface area contributed by atoms with Gasteiger partial charge in [-0.25, -0.2) is 9.78 Å². The van der Waals surface area contributed by atoms with Gasteiger partial charge in [-0.15, -0.1) is 0 Å². The Kier molecular flexibility index (Phi) is 5.81. The summed E-state index contributed by atoms with van der Waals surface area (Å²) >= 11 is 0. The monoisotopic (exact) mass is 447 g/mol. The Morgan fingerprint density at radius 1 is 1.22 bits per heavy atom. The molecule has 0 fully saturated rings. The van der Waals surface area contributed by atoms with Crippen LogP contribution >= 0.6 is 0 Å². The number of imidazole rings is 1. The number of amides is 1. The third kappa shape index (κ3) is 3.78. The average Bonchev–Trinajstić information content (AvgIpc) is 3.19. The second-order valence-electron chi connectivity index (χ2n) is 7.71. The van der Waals surface area contributed by atoms with Crippen LogP contribution in [0.15, 0.2) is 34.1 Å². The molecule has 2 aromatic heterocycles. The number of nitrogens with zero attached hydrogens (tertiary/aromatic N) is 5. The summed E-state index contributed by atoms with van der Waals surface area (Å²) in [6.45, 7) is -2.22. The van der Waals surface area contributed by atoms with Gasteiger partial charge in [-0.3, -0.25) is 18.7 Å². The van der Waals surface area contributed by atoms with Crippen LogP contribution in [0.1, 0.15) is 24.8 Å². The molecule has 0 radical (unpaired) electrons. The standard InChI is InChI=1S/C21H23F2N5O4/c1-25-18-17(19(30)26(2)21(25)31)27(12-24-18)10-5-9-15(29)28-11-4-7-13-6-3-8-14(16(13)28)32-20(22)23/h3,6,8,12,20H,4-5,7,9-11H2,1-2H3. The molecule has 0 spiro atoms. The molecule has 9 nitrogen and oxygen atoms in total. The second kappa shape index (κ2) is 8.56. The molecule has 1 aliphatic heterocycles. The third-order valence-corrected chi connectivity index (χ3v) is 5.70. The van der Waals surface area contributed by atoms with Crippen LogP contribution in [0.3, 0.4) is 0 Å². The van der Waals surface area contributed by atoms with Crippen LogP contribution in [0, 0.1) is 0 Å². The number of hydrogen-bond donors (Lipinski definition) is 0. The van der Waals surface area contributed by atoms with Crippen molar-refractivity contribution in [3.63, 3.8) is 0 Å². The first-order valence-electron chi connectivity index (χ1n) is 10.3. The number of rotatable bonds is 6. The Hall–Kier alpha value is -3.50. The lowest BCUT2D eigenvalue weighted by Gasteiger charge is -2.31.